The number of nitrogens with zero attached hydrogens (tertiary/aromatic N) is 4. The van der Waals surface area contributed by atoms with Crippen LogP contribution in [-0.4, -0.2) is 14.3 Å². The lowest BCUT2D eigenvalue weighted by atomic mass is 10.4. The van der Waals surface area contributed by atoms with Gasteiger partial charge < -0.3 is 0 Å². The van der Waals surface area contributed by atoms with Crippen molar-refractivity contribution in [1.82, 2.24) is 14.3 Å². The first-order valence-corrected chi connectivity index (χ1v) is 6.23. The van der Waals surface area contributed by atoms with Crippen LogP contribution >= 0.6 is 23.4 Å². The monoisotopic (exact) mass is 280 g/mol. The summed E-state index contributed by atoms with van der Waals surface area (Å²) >= 11 is 6.67. The van der Waals surface area contributed by atoms with E-state index in [0.29, 0.717) is 21.6 Å². The second kappa shape index (κ2) is 4.88. The number of halogens is 1. The van der Waals surface area contributed by atoms with Crippen LogP contribution in [0.3, 0.4) is 0 Å². The first-order chi connectivity index (χ1) is 8.56. The summed E-state index contributed by atoms with van der Waals surface area (Å²) < 4.78 is 3.04. The number of thioether (sulfide) groups is 1. The SMILES string of the molecule is Cc1c(SC#N)c(=O)n(-c2cccc(Cl)n2)n1C. The quantitative estimate of drug-likeness (QED) is 0.480. The number of hydrogen-bond acceptors (Lipinski definition) is 4. The van der Waals surface area contributed by atoms with Crippen LogP contribution in [0.25, 0.3) is 5.82 Å². The van der Waals surface area contributed by atoms with Gasteiger partial charge in [-0.1, -0.05) is 17.7 Å². The van der Waals surface area contributed by atoms with E-state index in [1.54, 1.807) is 36.9 Å². The zero-order valence-electron chi connectivity index (χ0n) is 9.72. The largest absolute Gasteiger partial charge is 0.287 e. The average Bonchev–Trinajstić information content (AvgIpc) is 2.54. The third-order valence-electron chi connectivity index (χ3n) is 2.57. The summed E-state index contributed by atoms with van der Waals surface area (Å²) in [7, 11) is 1.74. The first kappa shape index (κ1) is 12.7. The Bertz CT molecular complexity index is 698. The summed E-state index contributed by atoms with van der Waals surface area (Å²) in [5.41, 5.74) is 0.449. The van der Waals surface area contributed by atoms with Crippen molar-refractivity contribution in [1.29, 1.82) is 5.26 Å². The van der Waals surface area contributed by atoms with Crippen LogP contribution in [-0.2, 0) is 7.05 Å². The Balaban J connectivity index is 2.70. The van der Waals surface area contributed by atoms with Gasteiger partial charge in [0.05, 0.1) is 5.69 Å². The van der Waals surface area contributed by atoms with E-state index in [1.165, 1.54) is 4.68 Å². The highest BCUT2D eigenvalue weighted by molar-refractivity contribution is 8.03. The van der Waals surface area contributed by atoms with Crippen molar-refractivity contribution < 1.29 is 0 Å². The summed E-state index contributed by atoms with van der Waals surface area (Å²) in [6.07, 6.45) is 0. The molecule has 2 aromatic heterocycles. The maximum Gasteiger partial charge on any atom is 0.287 e. The van der Waals surface area contributed by atoms with Crippen molar-refractivity contribution in [3.05, 3.63) is 39.4 Å². The molecule has 0 aromatic carbocycles. The van der Waals surface area contributed by atoms with E-state index < -0.39 is 0 Å². The molecule has 0 fully saturated rings. The molecule has 0 saturated heterocycles. The number of hydrogen-bond donors (Lipinski definition) is 0. The molecule has 7 heteroatoms. The maximum absolute atomic E-state index is 12.2. The Labute approximate surface area is 113 Å². The standard InChI is InChI=1S/C11H9ClN4OS/c1-7-10(18-6-13)11(17)16(15(7)2)9-5-3-4-8(12)14-9/h3-5H,1-2H3. The molecule has 0 saturated carbocycles. The average molecular weight is 281 g/mol. The summed E-state index contributed by atoms with van der Waals surface area (Å²) in [5, 5.41) is 10.9. The van der Waals surface area contributed by atoms with E-state index in [4.69, 9.17) is 16.9 Å². The molecule has 0 unspecified atom stereocenters. The van der Waals surface area contributed by atoms with Crippen LogP contribution in [0.15, 0.2) is 27.9 Å². The van der Waals surface area contributed by atoms with Crippen LogP contribution in [0.1, 0.15) is 5.69 Å². The Morgan fingerprint density at radius 1 is 1.50 bits per heavy atom. The highest BCUT2D eigenvalue weighted by Crippen LogP contribution is 2.19. The van der Waals surface area contributed by atoms with E-state index in [-0.39, 0.29) is 5.56 Å². The Kier molecular flexibility index (Phi) is 3.45. The van der Waals surface area contributed by atoms with E-state index in [9.17, 15) is 4.79 Å². The lowest BCUT2D eigenvalue weighted by molar-refractivity contribution is 0.618. The molecule has 2 heterocycles. The number of pyridine rings is 1. The summed E-state index contributed by atoms with van der Waals surface area (Å²) in [4.78, 5) is 16.7. The van der Waals surface area contributed by atoms with Crippen molar-refractivity contribution in [3.8, 4) is 11.2 Å². The number of aromatic nitrogens is 3. The maximum atomic E-state index is 12.2. The highest BCUT2D eigenvalue weighted by Gasteiger charge is 2.17. The fraction of sp³-hybridized carbons (Fsp3) is 0.182. The topological polar surface area (TPSA) is 63.6 Å². The minimum atomic E-state index is -0.267. The molecule has 0 aliphatic carbocycles. The molecule has 5 nitrogen and oxygen atoms in total. The molecule has 2 aromatic rings. The Hall–Kier alpha value is -1.71. The molecule has 18 heavy (non-hydrogen) atoms. The molecule has 0 aliphatic rings. The van der Waals surface area contributed by atoms with Crippen LogP contribution in [0.2, 0.25) is 5.15 Å². The van der Waals surface area contributed by atoms with Crippen molar-refractivity contribution in [2.24, 2.45) is 7.05 Å². The van der Waals surface area contributed by atoms with Crippen molar-refractivity contribution in [2.45, 2.75) is 11.8 Å². The predicted octanol–water partition coefficient (Wildman–Crippen LogP) is 2.11. The fourth-order valence-electron chi connectivity index (χ4n) is 1.62. The van der Waals surface area contributed by atoms with Gasteiger partial charge in [-0.2, -0.15) is 9.94 Å². The zero-order valence-corrected chi connectivity index (χ0v) is 11.3. The van der Waals surface area contributed by atoms with Gasteiger partial charge >= 0.3 is 0 Å². The molecule has 92 valence electrons. The van der Waals surface area contributed by atoms with Gasteiger partial charge in [0.2, 0.25) is 0 Å². The van der Waals surface area contributed by atoms with Crippen molar-refractivity contribution in [2.75, 3.05) is 0 Å². The minimum Gasteiger partial charge on any atom is -0.283 e. The van der Waals surface area contributed by atoms with E-state index >= 15 is 0 Å². The molecule has 2 rings (SSSR count). The minimum absolute atomic E-state index is 0.267. The van der Waals surface area contributed by atoms with Crippen molar-refractivity contribution >= 4 is 23.4 Å². The van der Waals surface area contributed by atoms with E-state index in [2.05, 4.69) is 4.98 Å². The molecule has 0 N–H and O–H groups in total. The molecule has 0 atom stereocenters. The smallest absolute Gasteiger partial charge is 0.283 e. The molecular weight excluding hydrogens is 272 g/mol. The zero-order chi connectivity index (χ0) is 13.3. The normalized spacial score (nSPS) is 10.3. The Morgan fingerprint density at radius 2 is 2.22 bits per heavy atom. The number of thiocyanates is 1. The van der Waals surface area contributed by atoms with Gasteiger partial charge in [0, 0.05) is 7.05 Å². The van der Waals surface area contributed by atoms with E-state index in [1.807, 2.05) is 5.40 Å². The third kappa shape index (κ3) is 2.03. The van der Waals surface area contributed by atoms with Crippen LogP contribution in [0.4, 0.5) is 0 Å². The highest BCUT2D eigenvalue weighted by atomic mass is 35.5. The predicted molar refractivity (Wildman–Crippen MR) is 70.0 cm³/mol. The molecular formula is C11H9ClN4OS. The van der Waals surface area contributed by atoms with Gasteiger partial charge in [-0.15, -0.1) is 0 Å². The lowest BCUT2D eigenvalue weighted by Crippen LogP contribution is -2.21. The molecule has 0 aliphatic heterocycles. The van der Waals surface area contributed by atoms with Crippen molar-refractivity contribution in [3.63, 3.8) is 0 Å². The third-order valence-corrected chi connectivity index (χ3v) is 3.54. The van der Waals surface area contributed by atoms with Gasteiger partial charge in [-0.3, -0.25) is 9.48 Å². The lowest BCUT2D eigenvalue weighted by Gasteiger charge is -2.06. The molecule has 0 radical (unpaired) electrons. The summed E-state index contributed by atoms with van der Waals surface area (Å²) in [5.74, 6) is 0.433. The Morgan fingerprint density at radius 3 is 2.83 bits per heavy atom. The summed E-state index contributed by atoms with van der Waals surface area (Å²) in [6.45, 7) is 1.78. The van der Waals surface area contributed by atoms with Crippen LogP contribution in [0, 0.1) is 17.6 Å². The van der Waals surface area contributed by atoms with E-state index in [0.717, 1.165) is 11.8 Å². The molecule has 0 spiro atoms. The summed E-state index contributed by atoms with van der Waals surface area (Å²) in [6, 6.07) is 5.04. The molecule has 0 bridgehead atoms. The van der Waals surface area contributed by atoms with Crippen LogP contribution in [0.5, 0.6) is 0 Å². The molecule has 0 amide bonds. The first-order valence-electron chi connectivity index (χ1n) is 5.03. The second-order valence-corrected chi connectivity index (χ2v) is 4.75. The fourth-order valence-corrected chi connectivity index (χ4v) is 2.32. The number of rotatable bonds is 2. The van der Waals surface area contributed by atoms with Gasteiger partial charge in [-0.05, 0) is 30.8 Å². The van der Waals surface area contributed by atoms with Gasteiger partial charge in [0.15, 0.2) is 5.82 Å². The van der Waals surface area contributed by atoms with Crippen LogP contribution < -0.4 is 5.56 Å². The van der Waals surface area contributed by atoms with Gasteiger partial charge in [0.1, 0.15) is 15.4 Å². The van der Waals surface area contributed by atoms with Gasteiger partial charge in [0.25, 0.3) is 5.56 Å². The number of nitriles is 1. The van der Waals surface area contributed by atoms with Gasteiger partial charge in [-0.25, -0.2) is 4.98 Å². The second-order valence-electron chi connectivity index (χ2n) is 3.57.